The van der Waals surface area contributed by atoms with E-state index in [1.807, 2.05) is 18.2 Å². The van der Waals surface area contributed by atoms with E-state index in [2.05, 4.69) is 15.5 Å². The molecule has 0 aliphatic rings. The highest BCUT2D eigenvalue weighted by Crippen LogP contribution is 2.22. The fourth-order valence-electron chi connectivity index (χ4n) is 2.01. The molecular weight excluding hydrogens is 363 g/mol. The van der Waals surface area contributed by atoms with Crippen LogP contribution < -0.4 is 15.9 Å². The molecule has 0 unspecified atom stereocenters. The lowest BCUT2D eigenvalue weighted by atomic mass is 10.2. The van der Waals surface area contributed by atoms with Crippen molar-refractivity contribution in [3.05, 3.63) is 69.8 Å². The van der Waals surface area contributed by atoms with Crippen molar-refractivity contribution in [2.24, 2.45) is 5.10 Å². The van der Waals surface area contributed by atoms with Gasteiger partial charge < -0.3 is 10.5 Å². The Morgan fingerprint density at radius 3 is 2.92 bits per heavy atom. The number of nitrogen functional groups attached to an aromatic ring is 1. The monoisotopic (exact) mass is 376 g/mol. The summed E-state index contributed by atoms with van der Waals surface area (Å²) in [4.78, 5) is 4.03. The van der Waals surface area contributed by atoms with Gasteiger partial charge in [-0.25, -0.2) is 9.37 Å². The minimum Gasteiger partial charge on any atom is -0.488 e. The molecule has 0 saturated heterocycles. The molecule has 3 rings (SSSR count). The van der Waals surface area contributed by atoms with Crippen molar-refractivity contribution in [1.29, 1.82) is 0 Å². The van der Waals surface area contributed by atoms with E-state index >= 15 is 0 Å². The van der Waals surface area contributed by atoms with Crippen molar-refractivity contribution in [3.63, 3.8) is 0 Å². The normalized spacial score (nSPS) is 11.0. The van der Waals surface area contributed by atoms with E-state index in [1.54, 1.807) is 17.5 Å². The van der Waals surface area contributed by atoms with Gasteiger partial charge in [0.15, 0.2) is 0 Å². The number of benzene rings is 2. The molecule has 0 fully saturated rings. The van der Waals surface area contributed by atoms with Crippen molar-refractivity contribution in [2.45, 2.75) is 6.61 Å². The molecule has 0 atom stereocenters. The van der Waals surface area contributed by atoms with Gasteiger partial charge in [-0.15, -0.1) is 11.3 Å². The third-order valence-electron chi connectivity index (χ3n) is 3.20. The number of hydrogen-bond acceptors (Lipinski definition) is 6. The van der Waals surface area contributed by atoms with Crippen LogP contribution in [0.2, 0.25) is 5.02 Å². The maximum Gasteiger partial charge on any atom is 0.205 e. The Morgan fingerprint density at radius 2 is 2.16 bits per heavy atom. The number of halogens is 2. The van der Waals surface area contributed by atoms with Crippen LogP contribution in [0, 0.1) is 5.82 Å². The number of aromatic nitrogens is 1. The SMILES string of the molecule is Nc1csc(NN=Cc2ccc(F)cc2OCc2ccccc2Cl)n1. The molecule has 5 nitrogen and oxygen atoms in total. The first-order chi connectivity index (χ1) is 12.1. The minimum absolute atomic E-state index is 0.223. The molecule has 25 heavy (non-hydrogen) atoms. The standard InChI is InChI=1S/C17H14ClFN4OS/c18-14-4-2-1-3-12(14)9-24-15-7-13(19)6-5-11(15)8-21-23-17-22-16(20)10-25-17/h1-8,10H,9,20H2,(H,22,23). The molecule has 0 amide bonds. The molecule has 2 aromatic carbocycles. The fourth-order valence-corrected chi connectivity index (χ4v) is 2.74. The summed E-state index contributed by atoms with van der Waals surface area (Å²) < 4.78 is 19.3. The van der Waals surface area contributed by atoms with Gasteiger partial charge >= 0.3 is 0 Å². The summed E-state index contributed by atoms with van der Waals surface area (Å²) in [6.07, 6.45) is 1.53. The topological polar surface area (TPSA) is 72.5 Å². The number of nitrogens with zero attached hydrogens (tertiary/aromatic N) is 2. The van der Waals surface area contributed by atoms with Crippen LogP contribution in [0.3, 0.4) is 0 Å². The Hall–Kier alpha value is -2.64. The molecule has 8 heteroatoms. The maximum atomic E-state index is 13.6. The highest BCUT2D eigenvalue weighted by atomic mass is 35.5. The summed E-state index contributed by atoms with van der Waals surface area (Å²) in [5.74, 6) is 0.393. The van der Waals surface area contributed by atoms with Crippen molar-refractivity contribution >= 4 is 40.1 Å². The van der Waals surface area contributed by atoms with Crippen LogP contribution >= 0.6 is 22.9 Å². The Labute approximate surface area is 152 Å². The summed E-state index contributed by atoms with van der Waals surface area (Å²) in [7, 11) is 0. The molecule has 3 aromatic rings. The summed E-state index contributed by atoms with van der Waals surface area (Å²) in [6.45, 7) is 0.223. The van der Waals surface area contributed by atoms with E-state index in [4.69, 9.17) is 22.1 Å². The Morgan fingerprint density at radius 1 is 1.32 bits per heavy atom. The van der Waals surface area contributed by atoms with Gasteiger partial charge in [0.25, 0.3) is 0 Å². The zero-order chi connectivity index (χ0) is 17.6. The smallest absolute Gasteiger partial charge is 0.205 e. The highest BCUT2D eigenvalue weighted by molar-refractivity contribution is 7.14. The summed E-state index contributed by atoms with van der Waals surface area (Å²) in [6, 6.07) is 11.6. The molecule has 1 aromatic heterocycles. The van der Waals surface area contributed by atoms with Crippen molar-refractivity contribution in [3.8, 4) is 5.75 Å². The van der Waals surface area contributed by atoms with Crippen LogP contribution in [0.1, 0.15) is 11.1 Å². The van der Waals surface area contributed by atoms with Gasteiger partial charge in [0.1, 0.15) is 24.0 Å². The van der Waals surface area contributed by atoms with Crippen molar-refractivity contribution < 1.29 is 9.13 Å². The zero-order valence-electron chi connectivity index (χ0n) is 12.9. The van der Waals surface area contributed by atoms with Crippen LogP contribution in [-0.2, 0) is 6.61 Å². The number of hydrazone groups is 1. The second-order valence-corrected chi connectivity index (χ2v) is 6.28. The first kappa shape index (κ1) is 17.2. The van der Waals surface area contributed by atoms with Gasteiger partial charge in [0.05, 0.1) is 6.21 Å². The van der Waals surface area contributed by atoms with Crippen LogP contribution in [0.4, 0.5) is 15.3 Å². The zero-order valence-corrected chi connectivity index (χ0v) is 14.5. The quantitative estimate of drug-likeness (QED) is 0.489. The van der Waals surface area contributed by atoms with E-state index in [0.717, 1.165) is 5.56 Å². The van der Waals surface area contributed by atoms with Crippen LogP contribution in [0.5, 0.6) is 5.75 Å². The van der Waals surface area contributed by atoms with E-state index < -0.39 is 5.82 Å². The van der Waals surface area contributed by atoms with Gasteiger partial charge in [-0.2, -0.15) is 5.10 Å². The summed E-state index contributed by atoms with van der Waals surface area (Å²) in [5, 5.41) is 6.94. The number of nitrogens with two attached hydrogens (primary N) is 1. The minimum atomic E-state index is -0.396. The van der Waals surface area contributed by atoms with E-state index in [9.17, 15) is 4.39 Å². The maximum absolute atomic E-state index is 13.6. The molecule has 1 heterocycles. The fraction of sp³-hybridized carbons (Fsp3) is 0.0588. The second kappa shape index (κ2) is 7.96. The molecule has 128 valence electrons. The third kappa shape index (κ3) is 4.68. The third-order valence-corrected chi connectivity index (χ3v) is 4.34. The lowest BCUT2D eigenvalue weighted by molar-refractivity contribution is 0.304. The van der Waals surface area contributed by atoms with Gasteiger partial charge in [0.2, 0.25) is 5.13 Å². The molecule has 0 aliphatic carbocycles. The summed E-state index contributed by atoms with van der Waals surface area (Å²) in [5.41, 5.74) is 9.74. The van der Waals surface area contributed by atoms with Gasteiger partial charge in [-0.05, 0) is 18.2 Å². The average molecular weight is 377 g/mol. The van der Waals surface area contributed by atoms with E-state index in [-0.39, 0.29) is 6.61 Å². The highest BCUT2D eigenvalue weighted by Gasteiger charge is 2.06. The Bertz CT molecular complexity index is 900. The van der Waals surface area contributed by atoms with Crippen LogP contribution in [-0.4, -0.2) is 11.2 Å². The van der Waals surface area contributed by atoms with Crippen molar-refractivity contribution in [2.75, 3.05) is 11.2 Å². The molecular formula is C17H14ClFN4OS. The predicted molar refractivity (Wildman–Crippen MR) is 99.9 cm³/mol. The van der Waals surface area contributed by atoms with Crippen LogP contribution in [0.15, 0.2) is 52.9 Å². The first-order valence-corrected chi connectivity index (χ1v) is 8.53. The van der Waals surface area contributed by atoms with Crippen molar-refractivity contribution in [1.82, 2.24) is 4.98 Å². The number of anilines is 2. The lowest BCUT2D eigenvalue weighted by Gasteiger charge is -2.10. The van der Waals surface area contributed by atoms with Gasteiger partial charge in [-0.1, -0.05) is 29.8 Å². The number of hydrogen-bond donors (Lipinski definition) is 2. The van der Waals surface area contributed by atoms with Crippen LogP contribution in [0.25, 0.3) is 0 Å². The Balaban J connectivity index is 1.72. The molecule has 3 N–H and O–H groups in total. The largest absolute Gasteiger partial charge is 0.488 e. The number of nitrogens with one attached hydrogen (secondary N) is 1. The first-order valence-electron chi connectivity index (χ1n) is 7.27. The second-order valence-electron chi connectivity index (χ2n) is 5.01. The Kier molecular flexibility index (Phi) is 5.47. The van der Waals surface area contributed by atoms with Gasteiger partial charge in [-0.3, -0.25) is 5.43 Å². The van der Waals surface area contributed by atoms with E-state index in [1.165, 1.54) is 29.7 Å². The molecule has 0 aliphatic heterocycles. The number of thiazole rings is 1. The number of rotatable bonds is 6. The number of ether oxygens (including phenoxy) is 1. The van der Waals surface area contributed by atoms with E-state index in [0.29, 0.717) is 27.3 Å². The molecule has 0 bridgehead atoms. The average Bonchev–Trinajstić information content (AvgIpc) is 3.01. The predicted octanol–water partition coefficient (Wildman–Crippen LogP) is 4.54. The molecule has 0 radical (unpaired) electrons. The molecule has 0 spiro atoms. The summed E-state index contributed by atoms with van der Waals surface area (Å²) >= 11 is 7.44. The lowest BCUT2D eigenvalue weighted by Crippen LogP contribution is -2.00. The van der Waals surface area contributed by atoms with Gasteiger partial charge in [0, 0.05) is 27.6 Å². The molecule has 0 saturated carbocycles.